The lowest BCUT2D eigenvalue weighted by atomic mass is 10.1. The smallest absolute Gasteiger partial charge is 0.122 e. The van der Waals surface area contributed by atoms with E-state index in [2.05, 4.69) is 14.5 Å². The Kier molecular flexibility index (Phi) is 3.66. The summed E-state index contributed by atoms with van der Waals surface area (Å²) >= 11 is 0. The fraction of sp³-hybridized carbons (Fsp3) is 0.500. The molecule has 1 aliphatic heterocycles. The molecule has 19 heavy (non-hydrogen) atoms. The van der Waals surface area contributed by atoms with Gasteiger partial charge < -0.3 is 13.7 Å². The minimum Gasteiger partial charge on any atom is -0.468 e. The second-order valence-electron chi connectivity index (χ2n) is 5.07. The van der Waals surface area contributed by atoms with Crippen LogP contribution in [0.25, 0.3) is 0 Å². The Morgan fingerprint density at radius 1 is 1.47 bits per heavy atom. The van der Waals surface area contributed by atoms with Crippen molar-refractivity contribution in [2.24, 2.45) is 5.92 Å². The van der Waals surface area contributed by atoms with Crippen LogP contribution in [0.3, 0.4) is 0 Å². The minimum absolute atomic E-state index is 0.482. The Balaban J connectivity index is 1.76. The van der Waals surface area contributed by atoms with E-state index in [1.807, 2.05) is 24.5 Å². The van der Waals surface area contributed by atoms with Crippen LogP contribution >= 0.6 is 0 Å². The van der Waals surface area contributed by atoms with E-state index in [-0.39, 0.29) is 0 Å². The average Bonchev–Trinajstić information content (AvgIpc) is 3.00. The van der Waals surface area contributed by atoms with Crippen molar-refractivity contribution >= 4 is 0 Å². The molecule has 5 heteroatoms. The molecule has 5 nitrogen and oxygen atoms in total. The lowest BCUT2D eigenvalue weighted by Gasteiger charge is -2.22. The predicted molar refractivity (Wildman–Crippen MR) is 70.4 cm³/mol. The van der Waals surface area contributed by atoms with Crippen molar-refractivity contribution in [2.45, 2.75) is 19.6 Å². The Labute approximate surface area is 112 Å². The summed E-state index contributed by atoms with van der Waals surface area (Å²) in [5, 5.41) is 0. The van der Waals surface area contributed by atoms with Crippen molar-refractivity contribution in [2.75, 3.05) is 20.3 Å². The Bertz CT molecular complexity index is 507. The van der Waals surface area contributed by atoms with Crippen LogP contribution in [0, 0.1) is 5.92 Å². The van der Waals surface area contributed by atoms with Gasteiger partial charge >= 0.3 is 0 Å². The highest BCUT2D eigenvalue weighted by Crippen LogP contribution is 2.18. The van der Waals surface area contributed by atoms with Crippen LogP contribution < -0.4 is 0 Å². The SMILES string of the molecule is COC[C@H]1CN(Cc2ccco2)Cc2nccn2C1. The zero-order valence-corrected chi connectivity index (χ0v) is 11.2. The van der Waals surface area contributed by atoms with Crippen LogP contribution in [0.1, 0.15) is 11.6 Å². The number of hydrogen-bond acceptors (Lipinski definition) is 4. The minimum atomic E-state index is 0.482. The molecule has 0 bridgehead atoms. The van der Waals surface area contributed by atoms with Gasteiger partial charge in [-0.15, -0.1) is 0 Å². The molecule has 3 heterocycles. The van der Waals surface area contributed by atoms with Crippen LogP contribution in [0.15, 0.2) is 35.2 Å². The van der Waals surface area contributed by atoms with Crippen molar-refractivity contribution in [3.05, 3.63) is 42.4 Å². The summed E-state index contributed by atoms with van der Waals surface area (Å²) in [4.78, 5) is 6.81. The second-order valence-corrected chi connectivity index (χ2v) is 5.07. The number of methoxy groups -OCH3 is 1. The van der Waals surface area contributed by atoms with Crippen LogP contribution in [-0.2, 0) is 24.4 Å². The Morgan fingerprint density at radius 2 is 2.42 bits per heavy atom. The zero-order chi connectivity index (χ0) is 13.1. The van der Waals surface area contributed by atoms with Crippen LogP contribution in [-0.4, -0.2) is 34.7 Å². The molecule has 3 rings (SSSR count). The number of hydrogen-bond donors (Lipinski definition) is 0. The standard InChI is InChI=1S/C14H19N3O2/c1-18-11-12-7-16(9-13-3-2-6-19-13)10-14-15-4-5-17(14)8-12/h2-6,12H,7-11H2,1H3/t12-/m0/s1. The van der Waals surface area contributed by atoms with Crippen molar-refractivity contribution in [3.8, 4) is 0 Å². The van der Waals surface area contributed by atoms with Gasteiger partial charge in [-0.1, -0.05) is 0 Å². The molecule has 0 unspecified atom stereocenters. The molecule has 1 aliphatic rings. The summed E-state index contributed by atoms with van der Waals surface area (Å²) in [5.41, 5.74) is 0. The fourth-order valence-corrected chi connectivity index (χ4v) is 2.71. The maximum Gasteiger partial charge on any atom is 0.122 e. The van der Waals surface area contributed by atoms with Gasteiger partial charge in [0, 0.05) is 38.5 Å². The number of furan rings is 1. The summed E-state index contributed by atoms with van der Waals surface area (Å²) in [6.07, 6.45) is 5.64. The van der Waals surface area contributed by atoms with E-state index in [0.717, 1.165) is 44.4 Å². The number of rotatable bonds is 4. The topological polar surface area (TPSA) is 43.4 Å². The summed E-state index contributed by atoms with van der Waals surface area (Å²) in [6.45, 7) is 4.41. The van der Waals surface area contributed by atoms with E-state index in [4.69, 9.17) is 9.15 Å². The molecule has 0 aliphatic carbocycles. The van der Waals surface area contributed by atoms with Gasteiger partial charge in [0.1, 0.15) is 11.6 Å². The van der Waals surface area contributed by atoms with E-state index >= 15 is 0 Å². The highest BCUT2D eigenvalue weighted by atomic mass is 16.5. The van der Waals surface area contributed by atoms with Crippen LogP contribution in [0.4, 0.5) is 0 Å². The maximum atomic E-state index is 5.44. The lowest BCUT2D eigenvalue weighted by Crippen LogP contribution is -2.29. The maximum absolute atomic E-state index is 5.44. The molecule has 102 valence electrons. The molecular weight excluding hydrogens is 242 g/mol. The van der Waals surface area contributed by atoms with Gasteiger partial charge in [-0.05, 0) is 12.1 Å². The molecule has 0 aromatic carbocycles. The van der Waals surface area contributed by atoms with Crippen molar-refractivity contribution in [1.82, 2.24) is 14.5 Å². The molecule has 2 aromatic rings. The van der Waals surface area contributed by atoms with Gasteiger partial charge in [-0.25, -0.2) is 4.98 Å². The summed E-state index contributed by atoms with van der Waals surface area (Å²) in [5.74, 6) is 2.59. The number of ether oxygens (including phenoxy) is 1. The summed E-state index contributed by atoms with van der Waals surface area (Å²) < 4.78 is 13.0. The van der Waals surface area contributed by atoms with Gasteiger partial charge in [-0.3, -0.25) is 4.90 Å². The van der Waals surface area contributed by atoms with Gasteiger partial charge in [0.15, 0.2) is 0 Å². The van der Waals surface area contributed by atoms with Gasteiger partial charge in [0.2, 0.25) is 0 Å². The molecule has 0 spiro atoms. The summed E-state index contributed by atoms with van der Waals surface area (Å²) in [6, 6.07) is 3.95. The average molecular weight is 261 g/mol. The van der Waals surface area contributed by atoms with Crippen molar-refractivity contribution in [1.29, 1.82) is 0 Å². The van der Waals surface area contributed by atoms with Crippen molar-refractivity contribution in [3.63, 3.8) is 0 Å². The molecule has 2 aromatic heterocycles. The first kappa shape index (κ1) is 12.4. The highest BCUT2D eigenvalue weighted by Gasteiger charge is 2.22. The summed E-state index contributed by atoms with van der Waals surface area (Å²) in [7, 11) is 1.76. The zero-order valence-electron chi connectivity index (χ0n) is 11.2. The first-order valence-electron chi connectivity index (χ1n) is 6.59. The van der Waals surface area contributed by atoms with E-state index < -0.39 is 0 Å². The highest BCUT2D eigenvalue weighted by molar-refractivity contribution is 5.00. The number of aromatic nitrogens is 2. The van der Waals surface area contributed by atoms with Gasteiger partial charge in [0.05, 0.1) is 26.0 Å². The van der Waals surface area contributed by atoms with Gasteiger partial charge in [0.25, 0.3) is 0 Å². The van der Waals surface area contributed by atoms with Gasteiger partial charge in [-0.2, -0.15) is 0 Å². The quantitative estimate of drug-likeness (QED) is 0.841. The third-order valence-electron chi connectivity index (χ3n) is 3.50. The van der Waals surface area contributed by atoms with Crippen molar-refractivity contribution < 1.29 is 9.15 Å². The first-order valence-corrected chi connectivity index (χ1v) is 6.59. The Morgan fingerprint density at radius 3 is 3.21 bits per heavy atom. The molecule has 0 N–H and O–H groups in total. The largest absolute Gasteiger partial charge is 0.468 e. The number of nitrogens with zero attached hydrogens (tertiary/aromatic N) is 3. The van der Waals surface area contributed by atoms with E-state index in [9.17, 15) is 0 Å². The molecule has 0 amide bonds. The number of imidazole rings is 1. The first-order chi connectivity index (χ1) is 9.35. The monoisotopic (exact) mass is 261 g/mol. The van der Waals surface area contributed by atoms with E-state index in [1.54, 1.807) is 13.4 Å². The molecule has 0 saturated heterocycles. The molecule has 0 saturated carbocycles. The molecular formula is C14H19N3O2. The number of fused-ring (bicyclic) bond motifs is 1. The fourth-order valence-electron chi connectivity index (χ4n) is 2.71. The molecule has 1 atom stereocenters. The molecule has 0 fully saturated rings. The second kappa shape index (κ2) is 5.59. The van der Waals surface area contributed by atoms with Crippen LogP contribution in [0.5, 0.6) is 0 Å². The lowest BCUT2D eigenvalue weighted by molar-refractivity contribution is 0.112. The Hall–Kier alpha value is -1.59. The normalized spacial score (nSPS) is 20.2. The van der Waals surface area contributed by atoms with Crippen LogP contribution in [0.2, 0.25) is 0 Å². The predicted octanol–water partition coefficient (Wildman–Crippen LogP) is 1.75. The van der Waals surface area contributed by atoms with E-state index in [1.165, 1.54) is 0 Å². The van der Waals surface area contributed by atoms with E-state index in [0.29, 0.717) is 5.92 Å². The molecule has 0 radical (unpaired) electrons. The third-order valence-corrected chi connectivity index (χ3v) is 3.50. The third kappa shape index (κ3) is 2.88.